The normalized spacial score (nSPS) is 10.9. The van der Waals surface area contributed by atoms with E-state index in [1.165, 1.54) is 0 Å². The van der Waals surface area contributed by atoms with E-state index in [2.05, 4.69) is 0 Å². The lowest BCUT2D eigenvalue weighted by Gasteiger charge is -2.07. The second-order valence-electron chi connectivity index (χ2n) is 6.13. The molecule has 3 heteroatoms. The summed E-state index contributed by atoms with van der Waals surface area (Å²) < 4.78 is 5.85. The van der Waals surface area contributed by atoms with Gasteiger partial charge in [-0.25, -0.2) is 0 Å². The van der Waals surface area contributed by atoms with Crippen LogP contribution < -0.4 is 0 Å². The van der Waals surface area contributed by atoms with Gasteiger partial charge in [0, 0.05) is 16.5 Å². The molecule has 0 aliphatic rings. The van der Waals surface area contributed by atoms with Crippen LogP contribution in [-0.2, 0) is 6.42 Å². The Kier molecular flexibility index (Phi) is 3.87. The minimum atomic E-state index is 0.0779. The first-order chi connectivity index (χ1) is 10.9. The Morgan fingerprint density at radius 2 is 1.74 bits per heavy atom. The van der Waals surface area contributed by atoms with Gasteiger partial charge in [0.15, 0.2) is 0 Å². The van der Waals surface area contributed by atoms with E-state index in [0.717, 1.165) is 22.1 Å². The maximum atomic E-state index is 10.2. The van der Waals surface area contributed by atoms with Gasteiger partial charge in [-0.05, 0) is 57.0 Å². The molecular weight excluding hydrogens is 288 g/mol. The van der Waals surface area contributed by atoms with Crippen molar-refractivity contribution in [3.63, 3.8) is 0 Å². The lowest BCUT2D eigenvalue weighted by molar-refractivity contribution is 0.441. The van der Waals surface area contributed by atoms with Gasteiger partial charge in [-0.1, -0.05) is 23.8 Å². The smallest absolute Gasteiger partial charge is 0.135 e. The highest BCUT2D eigenvalue weighted by Crippen LogP contribution is 2.36. The average molecular weight is 308 g/mol. The maximum Gasteiger partial charge on any atom is 0.135 e. The number of furan rings is 1. The molecule has 0 atom stereocenters. The Morgan fingerprint density at radius 1 is 1.04 bits per heavy atom. The highest BCUT2D eigenvalue weighted by molar-refractivity contribution is 5.84. The van der Waals surface area contributed by atoms with Crippen LogP contribution in [0.5, 0.6) is 11.5 Å². The van der Waals surface area contributed by atoms with Crippen LogP contribution in [0.25, 0.3) is 22.3 Å². The molecular formula is C20H20O3. The molecule has 1 aromatic heterocycles. The Morgan fingerprint density at radius 3 is 2.39 bits per heavy atom. The fourth-order valence-electron chi connectivity index (χ4n) is 2.58. The third-order valence-corrected chi connectivity index (χ3v) is 3.88. The fourth-order valence-corrected chi connectivity index (χ4v) is 2.58. The summed E-state index contributed by atoms with van der Waals surface area (Å²) in [5.74, 6) is 0.785. The standard InChI is InChI=1S/C20H20O3/c1-12(2)4-7-16-17(21)9-15(10-18(16)22)20-11-14-6-5-13(3)8-19(14)23-20/h4-6,8-11,21-22H,7H2,1-3H3. The number of hydrogen-bond acceptors (Lipinski definition) is 3. The summed E-state index contributed by atoms with van der Waals surface area (Å²) in [7, 11) is 0. The molecule has 2 aromatic carbocycles. The van der Waals surface area contributed by atoms with Crippen molar-refractivity contribution in [1.82, 2.24) is 0 Å². The molecule has 0 bridgehead atoms. The van der Waals surface area contributed by atoms with Crippen LogP contribution in [0.1, 0.15) is 25.0 Å². The number of benzene rings is 2. The fraction of sp³-hybridized carbons (Fsp3) is 0.200. The van der Waals surface area contributed by atoms with Crippen molar-refractivity contribution >= 4 is 11.0 Å². The molecule has 0 radical (unpaired) electrons. The lowest BCUT2D eigenvalue weighted by atomic mass is 10.0. The zero-order valence-electron chi connectivity index (χ0n) is 13.6. The van der Waals surface area contributed by atoms with Crippen LogP contribution in [0.15, 0.2) is 52.5 Å². The summed E-state index contributed by atoms with van der Waals surface area (Å²) in [6, 6.07) is 11.2. The third-order valence-electron chi connectivity index (χ3n) is 3.88. The van der Waals surface area contributed by atoms with Gasteiger partial charge in [0.25, 0.3) is 0 Å². The summed E-state index contributed by atoms with van der Waals surface area (Å²) in [6.45, 7) is 5.98. The molecule has 3 nitrogen and oxygen atoms in total. The van der Waals surface area contributed by atoms with E-state index in [1.54, 1.807) is 12.1 Å². The van der Waals surface area contributed by atoms with Crippen LogP contribution in [0.4, 0.5) is 0 Å². The molecule has 2 N–H and O–H groups in total. The first kappa shape index (κ1) is 15.2. The van der Waals surface area contributed by atoms with Crippen molar-refractivity contribution in [2.24, 2.45) is 0 Å². The summed E-state index contributed by atoms with van der Waals surface area (Å²) in [5, 5.41) is 21.5. The van der Waals surface area contributed by atoms with Gasteiger partial charge in [-0.2, -0.15) is 0 Å². The van der Waals surface area contributed by atoms with Crippen molar-refractivity contribution in [3.05, 3.63) is 59.2 Å². The number of phenolic OH excluding ortho intramolecular Hbond substituents is 2. The molecule has 0 spiro atoms. The summed E-state index contributed by atoms with van der Waals surface area (Å²) in [6.07, 6.45) is 2.47. The second kappa shape index (κ2) is 5.84. The molecule has 3 aromatic rings. The van der Waals surface area contributed by atoms with E-state index in [0.29, 0.717) is 23.3 Å². The molecule has 0 unspecified atom stereocenters. The van der Waals surface area contributed by atoms with Crippen molar-refractivity contribution in [1.29, 1.82) is 0 Å². The molecule has 118 valence electrons. The number of phenols is 2. The van der Waals surface area contributed by atoms with Gasteiger partial charge in [0.2, 0.25) is 0 Å². The predicted octanol–water partition coefficient (Wildman–Crippen LogP) is 5.33. The van der Waals surface area contributed by atoms with Gasteiger partial charge >= 0.3 is 0 Å². The van der Waals surface area contributed by atoms with E-state index >= 15 is 0 Å². The largest absolute Gasteiger partial charge is 0.507 e. The summed E-state index contributed by atoms with van der Waals surface area (Å²) in [4.78, 5) is 0. The molecule has 0 saturated heterocycles. The SMILES string of the molecule is CC(C)=CCc1c(O)cc(-c2cc3ccc(C)cc3o2)cc1O. The number of allylic oxidation sites excluding steroid dienone is 2. The minimum absolute atomic E-state index is 0.0779. The van der Waals surface area contributed by atoms with Gasteiger partial charge in [0.1, 0.15) is 22.8 Å². The molecule has 0 amide bonds. The molecule has 0 aliphatic heterocycles. The van der Waals surface area contributed by atoms with Crippen molar-refractivity contribution < 1.29 is 14.6 Å². The number of hydrogen-bond donors (Lipinski definition) is 2. The molecule has 3 rings (SSSR count). The highest BCUT2D eigenvalue weighted by Gasteiger charge is 2.13. The van der Waals surface area contributed by atoms with Crippen molar-refractivity contribution in [2.45, 2.75) is 27.2 Å². The number of rotatable bonds is 3. The van der Waals surface area contributed by atoms with Gasteiger partial charge in [-0.3, -0.25) is 0 Å². The molecule has 23 heavy (non-hydrogen) atoms. The number of aromatic hydroxyl groups is 2. The predicted molar refractivity (Wildman–Crippen MR) is 92.9 cm³/mol. The zero-order valence-corrected chi connectivity index (χ0v) is 13.6. The quantitative estimate of drug-likeness (QED) is 0.643. The summed E-state index contributed by atoms with van der Waals surface area (Å²) in [5.41, 5.74) is 4.26. The lowest BCUT2D eigenvalue weighted by Crippen LogP contribution is -1.87. The highest BCUT2D eigenvalue weighted by atomic mass is 16.3. The Balaban J connectivity index is 2.03. The number of aryl methyl sites for hydroxylation is 1. The average Bonchev–Trinajstić information content (AvgIpc) is 2.88. The van der Waals surface area contributed by atoms with E-state index in [9.17, 15) is 10.2 Å². The zero-order chi connectivity index (χ0) is 16.6. The maximum absolute atomic E-state index is 10.2. The van der Waals surface area contributed by atoms with E-state index in [1.807, 2.05) is 51.1 Å². The Bertz CT molecular complexity index is 873. The van der Waals surface area contributed by atoms with Gasteiger partial charge in [-0.15, -0.1) is 0 Å². The van der Waals surface area contributed by atoms with E-state index in [4.69, 9.17) is 4.42 Å². The first-order valence-corrected chi connectivity index (χ1v) is 7.63. The third kappa shape index (κ3) is 3.09. The Labute approximate surface area is 135 Å². The second-order valence-corrected chi connectivity index (χ2v) is 6.13. The van der Waals surface area contributed by atoms with Crippen molar-refractivity contribution in [3.8, 4) is 22.8 Å². The van der Waals surface area contributed by atoms with Crippen LogP contribution in [0, 0.1) is 6.92 Å². The summed E-state index contributed by atoms with van der Waals surface area (Å²) >= 11 is 0. The molecule has 0 saturated carbocycles. The van der Waals surface area contributed by atoms with Crippen LogP contribution in [-0.4, -0.2) is 10.2 Å². The van der Waals surface area contributed by atoms with E-state index < -0.39 is 0 Å². The Hall–Kier alpha value is -2.68. The van der Waals surface area contributed by atoms with Crippen LogP contribution >= 0.6 is 0 Å². The monoisotopic (exact) mass is 308 g/mol. The van der Waals surface area contributed by atoms with E-state index in [-0.39, 0.29) is 11.5 Å². The number of fused-ring (bicyclic) bond motifs is 1. The minimum Gasteiger partial charge on any atom is -0.507 e. The molecule has 1 heterocycles. The van der Waals surface area contributed by atoms with Gasteiger partial charge < -0.3 is 14.6 Å². The van der Waals surface area contributed by atoms with Crippen LogP contribution in [0.3, 0.4) is 0 Å². The first-order valence-electron chi connectivity index (χ1n) is 7.63. The molecule has 0 fully saturated rings. The van der Waals surface area contributed by atoms with Crippen LogP contribution in [0.2, 0.25) is 0 Å². The molecule has 0 aliphatic carbocycles. The van der Waals surface area contributed by atoms with Crippen molar-refractivity contribution in [2.75, 3.05) is 0 Å². The van der Waals surface area contributed by atoms with Gasteiger partial charge in [0.05, 0.1) is 0 Å². The topological polar surface area (TPSA) is 53.6 Å².